The molecule has 0 aliphatic carbocycles. The van der Waals surface area contributed by atoms with Gasteiger partial charge in [-0.2, -0.15) is 5.10 Å². The van der Waals surface area contributed by atoms with E-state index in [0.29, 0.717) is 6.61 Å². The predicted octanol–water partition coefficient (Wildman–Crippen LogP) is 4.19. The zero-order chi connectivity index (χ0) is 14.7. The minimum atomic E-state index is 0.0562. The number of methoxy groups -OCH3 is 1. The second kappa shape index (κ2) is 7.51. The third-order valence-electron chi connectivity index (χ3n) is 2.90. The lowest BCUT2D eigenvalue weighted by molar-refractivity contribution is 0.182. The summed E-state index contributed by atoms with van der Waals surface area (Å²) in [5.74, 6) is 0. The molecule has 2 aromatic rings. The van der Waals surface area contributed by atoms with E-state index in [-0.39, 0.29) is 6.04 Å². The van der Waals surface area contributed by atoms with Gasteiger partial charge in [0.25, 0.3) is 0 Å². The van der Waals surface area contributed by atoms with Crippen molar-refractivity contribution in [2.45, 2.75) is 12.6 Å². The van der Waals surface area contributed by atoms with E-state index in [1.54, 1.807) is 18.4 Å². The molecule has 0 saturated carbocycles. The van der Waals surface area contributed by atoms with Gasteiger partial charge in [-0.3, -0.25) is 4.68 Å². The smallest absolute Gasteiger partial charge is 0.0777 e. The highest BCUT2D eigenvalue weighted by atomic mass is 79.9. The summed E-state index contributed by atoms with van der Waals surface area (Å²) in [6.07, 6.45) is 1.82. The highest BCUT2D eigenvalue weighted by Crippen LogP contribution is 2.39. The Hall–Kier alpha value is 0.270. The van der Waals surface area contributed by atoms with Crippen molar-refractivity contribution in [3.05, 3.63) is 35.6 Å². The molecule has 0 bridgehead atoms. The summed E-state index contributed by atoms with van der Waals surface area (Å²) in [7, 11) is 3.64. The fourth-order valence-corrected chi connectivity index (χ4v) is 5.43. The summed E-state index contributed by atoms with van der Waals surface area (Å²) in [4.78, 5) is 0. The monoisotopic (exact) mass is 485 g/mol. The van der Waals surface area contributed by atoms with E-state index in [2.05, 4.69) is 64.3 Å². The Balaban J connectivity index is 2.41. The van der Waals surface area contributed by atoms with Gasteiger partial charge in [0.15, 0.2) is 0 Å². The fourth-order valence-electron chi connectivity index (χ4n) is 2.00. The summed E-state index contributed by atoms with van der Waals surface area (Å²) in [6, 6.07) is 2.18. The van der Waals surface area contributed by atoms with Crippen molar-refractivity contribution in [3.63, 3.8) is 0 Å². The van der Waals surface area contributed by atoms with Crippen LogP contribution < -0.4 is 5.32 Å². The molecule has 0 saturated heterocycles. The van der Waals surface area contributed by atoms with E-state index in [1.165, 1.54) is 5.56 Å². The predicted molar refractivity (Wildman–Crippen MR) is 92.4 cm³/mol. The van der Waals surface area contributed by atoms with Crippen LogP contribution in [0.5, 0.6) is 0 Å². The lowest BCUT2D eigenvalue weighted by Crippen LogP contribution is -2.23. The number of rotatable bonds is 6. The Morgan fingerprint density at radius 1 is 1.45 bits per heavy atom. The van der Waals surface area contributed by atoms with Crippen LogP contribution in [0, 0.1) is 0 Å². The van der Waals surface area contributed by atoms with Crippen LogP contribution in [0.25, 0.3) is 0 Å². The van der Waals surface area contributed by atoms with Gasteiger partial charge in [-0.1, -0.05) is 0 Å². The van der Waals surface area contributed by atoms with Crippen LogP contribution in [0.2, 0.25) is 0 Å². The van der Waals surface area contributed by atoms with E-state index in [9.17, 15) is 0 Å². The highest BCUT2D eigenvalue weighted by Gasteiger charge is 2.23. The van der Waals surface area contributed by atoms with Crippen molar-refractivity contribution in [2.24, 2.45) is 0 Å². The van der Waals surface area contributed by atoms with Gasteiger partial charge in [0.05, 0.1) is 43.1 Å². The number of nitrogens with one attached hydrogen (secondary N) is 1. The molecule has 0 spiro atoms. The number of halogens is 3. The Kier molecular flexibility index (Phi) is 6.25. The zero-order valence-electron chi connectivity index (χ0n) is 11.0. The van der Waals surface area contributed by atoms with Crippen LogP contribution in [-0.2, 0) is 11.3 Å². The Bertz CT molecular complexity index is 585. The van der Waals surface area contributed by atoms with E-state index in [4.69, 9.17) is 4.74 Å². The van der Waals surface area contributed by atoms with Crippen LogP contribution in [0.3, 0.4) is 0 Å². The van der Waals surface area contributed by atoms with Crippen molar-refractivity contribution in [3.8, 4) is 0 Å². The molecular weight excluding hydrogens is 474 g/mol. The number of hydrogen-bond acceptors (Lipinski definition) is 4. The van der Waals surface area contributed by atoms with Crippen LogP contribution in [0.4, 0.5) is 0 Å². The van der Waals surface area contributed by atoms with Crippen LogP contribution >= 0.6 is 59.1 Å². The van der Waals surface area contributed by atoms with E-state index in [1.807, 2.05) is 17.9 Å². The Morgan fingerprint density at radius 2 is 2.20 bits per heavy atom. The van der Waals surface area contributed by atoms with Gasteiger partial charge in [-0.05, 0) is 60.9 Å². The molecule has 0 fully saturated rings. The molecule has 0 aliphatic rings. The number of aromatic nitrogens is 2. The third kappa shape index (κ3) is 3.53. The molecule has 0 amide bonds. The van der Waals surface area contributed by atoms with Gasteiger partial charge in [-0.25, -0.2) is 0 Å². The second-order valence-electron chi connectivity index (χ2n) is 4.09. The Morgan fingerprint density at radius 3 is 2.75 bits per heavy atom. The quantitative estimate of drug-likeness (QED) is 0.664. The van der Waals surface area contributed by atoms with Crippen LogP contribution in [0.1, 0.15) is 17.3 Å². The SMILES string of the molecule is CNC(c1cc(Br)sc1Br)c1c(Br)cnn1CCOC. The second-order valence-corrected chi connectivity index (χ2v) is 8.70. The average molecular weight is 488 g/mol. The number of ether oxygens (including phenoxy) is 1. The van der Waals surface area contributed by atoms with Gasteiger partial charge in [0, 0.05) is 12.7 Å². The standard InChI is InChI=1S/C12H14Br3N3OS/c1-16-10(7-5-9(14)20-12(7)15)11-8(13)6-17-18(11)3-4-19-2/h5-6,10,16H,3-4H2,1-2H3. The molecule has 0 aliphatic heterocycles. The maximum Gasteiger partial charge on any atom is 0.0777 e. The summed E-state index contributed by atoms with van der Waals surface area (Å²) in [6.45, 7) is 1.35. The Labute approximate surface area is 147 Å². The van der Waals surface area contributed by atoms with Gasteiger partial charge in [-0.15, -0.1) is 11.3 Å². The largest absolute Gasteiger partial charge is 0.383 e. The van der Waals surface area contributed by atoms with Gasteiger partial charge >= 0.3 is 0 Å². The molecular formula is C12H14Br3N3OS. The van der Waals surface area contributed by atoms with E-state index >= 15 is 0 Å². The van der Waals surface area contributed by atoms with Crippen molar-refractivity contribution in [1.29, 1.82) is 0 Å². The molecule has 1 unspecified atom stereocenters. The van der Waals surface area contributed by atoms with Gasteiger partial charge in [0.1, 0.15) is 0 Å². The molecule has 2 heterocycles. The van der Waals surface area contributed by atoms with Gasteiger partial charge in [0.2, 0.25) is 0 Å². The highest BCUT2D eigenvalue weighted by molar-refractivity contribution is 9.12. The summed E-state index contributed by atoms with van der Waals surface area (Å²) in [5, 5.41) is 7.77. The molecule has 110 valence electrons. The lowest BCUT2D eigenvalue weighted by atomic mass is 10.1. The first-order chi connectivity index (χ1) is 9.58. The number of nitrogens with zero attached hydrogens (tertiary/aromatic N) is 2. The van der Waals surface area contributed by atoms with Crippen LogP contribution in [0.15, 0.2) is 24.3 Å². The molecule has 2 rings (SSSR count). The zero-order valence-corrected chi connectivity index (χ0v) is 16.6. The third-order valence-corrected chi connectivity index (χ3v) is 5.89. The first-order valence-corrected chi connectivity index (χ1v) is 9.10. The summed E-state index contributed by atoms with van der Waals surface area (Å²) >= 11 is 12.4. The number of thiophene rings is 1. The minimum Gasteiger partial charge on any atom is -0.383 e. The van der Waals surface area contributed by atoms with Crippen molar-refractivity contribution in [2.75, 3.05) is 20.8 Å². The minimum absolute atomic E-state index is 0.0562. The summed E-state index contributed by atoms with van der Waals surface area (Å²) in [5.41, 5.74) is 2.28. The summed E-state index contributed by atoms with van der Waals surface area (Å²) < 4.78 is 10.3. The first-order valence-electron chi connectivity index (χ1n) is 5.90. The lowest BCUT2D eigenvalue weighted by Gasteiger charge is -2.18. The normalized spacial score (nSPS) is 12.8. The van der Waals surface area contributed by atoms with Crippen molar-refractivity contribution in [1.82, 2.24) is 15.1 Å². The van der Waals surface area contributed by atoms with Gasteiger partial charge < -0.3 is 10.1 Å². The topological polar surface area (TPSA) is 39.1 Å². The van der Waals surface area contributed by atoms with Crippen molar-refractivity contribution >= 4 is 59.1 Å². The molecule has 2 aromatic heterocycles. The molecule has 1 atom stereocenters. The van der Waals surface area contributed by atoms with Crippen molar-refractivity contribution < 1.29 is 4.74 Å². The number of hydrogen-bond donors (Lipinski definition) is 1. The molecule has 1 N–H and O–H groups in total. The molecule has 0 aromatic carbocycles. The molecule has 20 heavy (non-hydrogen) atoms. The molecule has 4 nitrogen and oxygen atoms in total. The van der Waals surface area contributed by atoms with Crippen LogP contribution in [-0.4, -0.2) is 30.5 Å². The molecule has 8 heteroatoms. The molecule has 0 radical (unpaired) electrons. The average Bonchev–Trinajstić information content (AvgIpc) is 2.93. The fraction of sp³-hybridized carbons (Fsp3) is 0.417. The van der Waals surface area contributed by atoms with E-state index in [0.717, 1.165) is 24.3 Å². The van der Waals surface area contributed by atoms with E-state index < -0.39 is 0 Å². The maximum absolute atomic E-state index is 5.15. The first kappa shape index (κ1) is 16.6. The maximum atomic E-state index is 5.15.